The van der Waals surface area contributed by atoms with Gasteiger partial charge in [0.15, 0.2) is 0 Å². The van der Waals surface area contributed by atoms with Gasteiger partial charge in [0.1, 0.15) is 5.82 Å². The minimum Gasteiger partial charge on any atom is -0.258 e. The van der Waals surface area contributed by atoms with E-state index < -0.39 is 16.7 Å². The number of hydrogen-bond donors (Lipinski definition) is 0. The highest BCUT2D eigenvalue weighted by Gasteiger charge is 2.17. The Balaban J connectivity index is 2.28. The largest absolute Gasteiger partial charge is 0.269 e. The van der Waals surface area contributed by atoms with Gasteiger partial charge in [-0.2, -0.15) is 5.26 Å². The van der Waals surface area contributed by atoms with Gasteiger partial charge in [0.25, 0.3) is 5.69 Å². The average molecular weight is 305 g/mol. The van der Waals surface area contributed by atoms with Crippen LogP contribution in [0.1, 0.15) is 17.0 Å². The van der Waals surface area contributed by atoms with Gasteiger partial charge in [-0.15, -0.1) is 0 Å². The van der Waals surface area contributed by atoms with Crippen molar-refractivity contribution in [2.24, 2.45) is 0 Å². The standard InChI is InChI=1S/C15H10ClFN2O2/c16-14-2-1-3-15(17)13(14)8-11(9-18)10-4-6-12(7-5-10)19(20)21/h1-7,11H,8H2. The van der Waals surface area contributed by atoms with Gasteiger partial charge in [0, 0.05) is 22.7 Å². The van der Waals surface area contributed by atoms with Gasteiger partial charge in [-0.05, 0) is 24.1 Å². The van der Waals surface area contributed by atoms with Crippen molar-refractivity contribution < 1.29 is 9.31 Å². The summed E-state index contributed by atoms with van der Waals surface area (Å²) in [6.07, 6.45) is 0.111. The Bertz CT molecular complexity index is 690. The van der Waals surface area contributed by atoms with Crippen LogP contribution in [0.15, 0.2) is 42.5 Å². The van der Waals surface area contributed by atoms with Crippen molar-refractivity contribution in [3.63, 3.8) is 0 Å². The molecule has 4 nitrogen and oxygen atoms in total. The third kappa shape index (κ3) is 3.36. The maximum atomic E-state index is 13.7. The second kappa shape index (κ2) is 6.33. The number of nitriles is 1. The molecule has 0 aromatic heterocycles. The van der Waals surface area contributed by atoms with E-state index in [-0.39, 0.29) is 22.7 Å². The molecule has 0 fully saturated rings. The SMILES string of the molecule is N#CC(Cc1c(F)cccc1Cl)c1ccc([N+](=O)[O-])cc1. The summed E-state index contributed by atoms with van der Waals surface area (Å²) in [6.45, 7) is 0. The van der Waals surface area contributed by atoms with E-state index in [0.717, 1.165) is 0 Å². The van der Waals surface area contributed by atoms with Crippen molar-refractivity contribution in [1.82, 2.24) is 0 Å². The van der Waals surface area contributed by atoms with Gasteiger partial charge >= 0.3 is 0 Å². The predicted molar refractivity (Wildman–Crippen MR) is 76.6 cm³/mol. The van der Waals surface area contributed by atoms with Gasteiger partial charge in [0.05, 0.1) is 16.9 Å². The summed E-state index contributed by atoms with van der Waals surface area (Å²) in [5.41, 5.74) is 0.797. The molecular weight excluding hydrogens is 295 g/mol. The number of nitro groups is 1. The van der Waals surface area contributed by atoms with Crippen molar-refractivity contribution in [1.29, 1.82) is 5.26 Å². The highest BCUT2D eigenvalue weighted by atomic mass is 35.5. The quantitative estimate of drug-likeness (QED) is 0.627. The molecule has 0 aliphatic rings. The molecule has 2 aromatic carbocycles. The molecule has 0 spiro atoms. The molecule has 1 atom stereocenters. The van der Waals surface area contributed by atoms with Crippen LogP contribution in [0, 0.1) is 27.3 Å². The molecule has 0 saturated carbocycles. The van der Waals surface area contributed by atoms with Gasteiger partial charge in [0.2, 0.25) is 0 Å². The fourth-order valence-electron chi connectivity index (χ4n) is 2.00. The molecule has 1 unspecified atom stereocenters. The van der Waals surface area contributed by atoms with E-state index in [4.69, 9.17) is 11.6 Å². The average Bonchev–Trinajstić information content (AvgIpc) is 2.47. The van der Waals surface area contributed by atoms with Crippen LogP contribution in [0.5, 0.6) is 0 Å². The van der Waals surface area contributed by atoms with Crippen molar-refractivity contribution in [3.8, 4) is 6.07 Å². The number of rotatable bonds is 4. The Morgan fingerprint density at radius 2 is 1.95 bits per heavy atom. The molecule has 2 aromatic rings. The molecule has 0 saturated heterocycles. The first-order valence-corrected chi connectivity index (χ1v) is 6.47. The summed E-state index contributed by atoms with van der Waals surface area (Å²) in [5, 5.41) is 20.1. The lowest BCUT2D eigenvalue weighted by Crippen LogP contribution is -2.03. The third-order valence-electron chi connectivity index (χ3n) is 3.13. The molecule has 2 rings (SSSR count). The molecule has 21 heavy (non-hydrogen) atoms. The lowest BCUT2D eigenvalue weighted by atomic mass is 9.93. The number of nitro benzene ring substituents is 1. The van der Waals surface area contributed by atoms with E-state index >= 15 is 0 Å². The van der Waals surface area contributed by atoms with Crippen LogP contribution < -0.4 is 0 Å². The number of nitrogens with zero attached hydrogens (tertiary/aromatic N) is 2. The van der Waals surface area contributed by atoms with Crippen LogP contribution >= 0.6 is 11.6 Å². The van der Waals surface area contributed by atoms with Gasteiger partial charge in [-0.25, -0.2) is 4.39 Å². The summed E-state index contributed by atoms with van der Waals surface area (Å²) in [7, 11) is 0. The highest BCUT2D eigenvalue weighted by Crippen LogP contribution is 2.27. The maximum absolute atomic E-state index is 13.7. The van der Waals surface area contributed by atoms with Crippen LogP contribution in [-0.4, -0.2) is 4.92 Å². The van der Waals surface area contributed by atoms with Crippen LogP contribution in [0.3, 0.4) is 0 Å². The fourth-order valence-corrected chi connectivity index (χ4v) is 2.24. The van der Waals surface area contributed by atoms with Crippen LogP contribution in [0.2, 0.25) is 5.02 Å². The minimum atomic E-state index is -0.625. The normalized spacial score (nSPS) is 11.7. The van der Waals surface area contributed by atoms with Crippen molar-refractivity contribution >= 4 is 17.3 Å². The first-order chi connectivity index (χ1) is 10.0. The molecule has 106 valence electrons. The van der Waals surface area contributed by atoms with Crippen molar-refractivity contribution in [3.05, 3.63) is 74.5 Å². The second-order valence-electron chi connectivity index (χ2n) is 4.43. The minimum absolute atomic E-state index is 0.0561. The Morgan fingerprint density at radius 3 is 2.48 bits per heavy atom. The van der Waals surface area contributed by atoms with Crippen molar-refractivity contribution in [2.45, 2.75) is 12.3 Å². The topological polar surface area (TPSA) is 66.9 Å². The Labute approximate surface area is 125 Å². The van der Waals surface area contributed by atoms with Gasteiger partial charge in [-0.1, -0.05) is 29.8 Å². The number of hydrogen-bond acceptors (Lipinski definition) is 3. The smallest absolute Gasteiger partial charge is 0.258 e. The van der Waals surface area contributed by atoms with E-state index in [1.54, 1.807) is 6.07 Å². The number of benzene rings is 2. The molecule has 0 bridgehead atoms. The zero-order valence-electron chi connectivity index (χ0n) is 10.8. The lowest BCUT2D eigenvalue weighted by Gasteiger charge is -2.11. The predicted octanol–water partition coefficient (Wildman–Crippen LogP) is 4.24. The Hall–Kier alpha value is -2.45. The van der Waals surface area contributed by atoms with E-state index in [0.29, 0.717) is 5.56 Å². The summed E-state index contributed by atoms with van der Waals surface area (Å²) in [5.74, 6) is -1.09. The van der Waals surface area contributed by atoms with E-state index in [1.807, 2.05) is 0 Å². The zero-order chi connectivity index (χ0) is 15.4. The second-order valence-corrected chi connectivity index (χ2v) is 4.84. The first kappa shape index (κ1) is 14.9. The molecule has 0 N–H and O–H groups in total. The summed E-state index contributed by atoms with van der Waals surface area (Å²) < 4.78 is 13.7. The maximum Gasteiger partial charge on any atom is 0.269 e. The van der Waals surface area contributed by atoms with E-state index in [2.05, 4.69) is 6.07 Å². The van der Waals surface area contributed by atoms with Crippen LogP contribution in [-0.2, 0) is 6.42 Å². The summed E-state index contributed by atoms with van der Waals surface area (Å²) in [6, 6.07) is 12.1. The monoisotopic (exact) mass is 304 g/mol. The molecule has 0 radical (unpaired) electrons. The van der Waals surface area contributed by atoms with E-state index in [9.17, 15) is 19.8 Å². The lowest BCUT2D eigenvalue weighted by molar-refractivity contribution is -0.384. The molecule has 0 aliphatic heterocycles. The Kier molecular flexibility index (Phi) is 4.51. The third-order valence-corrected chi connectivity index (χ3v) is 3.49. The van der Waals surface area contributed by atoms with Crippen molar-refractivity contribution in [2.75, 3.05) is 0 Å². The first-order valence-electron chi connectivity index (χ1n) is 6.09. The Morgan fingerprint density at radius 1 is 1.29 bits per heavy atom. The number of halogens is 2. The zero-order valence-corrected chi connectivity index (χ0v) is 11.5. The molecule has 0 amide bonds. The molecule has 0 heterocycles. The summed E-state index contributed by atoms with van der Waals surface area (Å²) in [4.78, 5) is 10.1. The fraction of sp³-hybridized carbons (Fsp3) is 0.133. The summed E-state index contributed by atoms with van der Waals surface area (Å²) >= 11 is 5.95. The van der Waals surface area contributed by atoms with Crippen LogP contribution in [0.25, 0.3) is 0 Å². The molecular formula is C15H10ClFN2O2. The number of non-ortho nitro benzene ring substituents is 1. The van der Waals surface area contributed by atoms with E-state index in [1.165, 1.54) is 36.4 Å². The molecule has 0 aliphatic carbocycles. The van der Waals surface area contributed by atoms with Gasteiger partial charge < -0.3 is 0 Å². The van der Waals surface area contributed by atoms with Gasteiger partial charge in [-0.3, -0.25) is 10.1 Å². The highest BCUT2D eigenvalue weighted by molar-refractivity contribution is 6.31. The molecule has 6 heteroatoms. The van der Waals surface area contributed by atoms with Crippen LogP contribution in [0.4, 0.5) is 10.1 Å².